The molecular weight excluding hydrogens is 330 g/mol. The molecule has 0 aliphatic carbocycles. The Morgan fingerprint density at radius 3 is 2.71 bits per heavy atom. The molecule has 0 spiro atoms. The first kappa shape index (κ1) is 18.5. The molecule has 2 rings (SSSR count). The fraction of sp³-hybridized carbons (Fsp3) is 0.529. The molecule has 1 fully saturated rings. The minimum Gasteiger partial charge on any atom is -0.334 e. The Kier molecular flexibility index (Phi) is 7.34. The summed E-state index contributed by atoms with van der Waals surface area (Å²) in [6.45, 7) is 1.94. The number of nitrogens with one attached hydrogen (secondary N) is 2. The summed E-state index contributed by atoms with van der Waals surface area (Å²) in [5, 5.41) is 12.0. The highest BCUT2D eigenvalue weighted by Crippen LogP contribution is 2.22. The topological polar surface area (TPSA) is 81.7 Å². The maximum Gasteiger partial charge on any atom is 0.317 e. The second kappa shape index (κ2) is 9.49. The van der Waals surface area contributed by atoms with E-state index in [1.807, 2.05) is 29.2 Å². The first-order valence-corrected chi connectivity index (χ1v) is 8.66. The van der Waals surface area contributed by atoms with E-state index in [9.17, 15) is 9.59 Å². The highest BCUT2D eigenvalue weighted by Gasteiger charge is 2.22. The number of benzene rings is 1. The number of amides is 3. The van der Waals surface area contributed by atoms with Crippen molar-refractivity contribution in [1.82, 2.24) is 15.7 Å². The monoisotopic (exact) mass is 353 g/mol. The quantitative estimate of drug-likeness (QED) is 0.543. The molecule has 1 aromatic carbocycles. The average molecular weight is 354 g/mol. The lowest BCUT2D eigenvalue weighted by atomic mass is 9.91. The van der Waals surface area contributed by atoms with Gasteiger partial charge in [0.25, 0.3) is 0 Å². The summed E-state index contributed by atoms with van der Waals surface area (Å²) < 4.78 is 0. The molecular formula is C17H24ClN3O3. The third-order valence-electron chi connectivity index (χ3n) is 4.38. The number of hydroxylamine groups is 1. The van der Waals surface area contributed by atoms with Crippen molar-refractivity contribution in [2.75, 3.05) is 13.1 Å². The van der Waals surface area contributed by atoms with Crippen LogP contribution >= 0.6 is 11.6 Å². The number of nitrogens with zero attached hydrogens (tertiary/aromatic N) is 1. The van der Waals surface area contributed by atoms with Crippen LogP contribution in [0.15, 0.2) is 24.3 Å². The zero-order chi connectivity index (χ0) is 17.4. The molecule has 0 bridgehead atoms. The second-order valence-corrected chi connectivity index (χ2v) is 6.58. The van der Waals surface area contributed by atoms with Crippen LogP contribution in [-0.4, -0.2) is 35.1 Å². The van der Waals surface area contributed by atoms with Gasteiger partial charge in [-0.15, -0.1) is 0 Å². The first-order chi connectivity index (χ1) is 11.6. The van der Waals surface area contributed by atoms with Crippen molar-refractivity contribution in [1.29, 1.82) is 0 Å². The molecule has 3 amide bonds. The molecule has 1 aromatic rings. The number of likely N-dealkylation sites (tertiary alicyclic amines) is 1. The van der Waals surface area contributed by atoms with E-state index in [1.165, 1.54) is 0 Å². The van der Waals surface area contributed by atoms with E-state index < -0.39 is 0 Å². The third kappa shape index (κ3) is 6.02. The molecule has 1 heterocycles. The normalized spacial score (nSPS) is 15.2. The van der Waals surface area contributed by atoms with Crippen molar-refractivity contribution in [3.63, 3.8) is 0 Å². The Morgan fingerprint density at radius 2 is 2.04 bits per heavy atom. The minimum atomic E-state index is -0.340. The Hall–Kier alpha value is -1.79. The Bertz CT molecular complexity index is 560. The maximum absolute atomic E-state index is 12.2. The smallest absolute Gasteiger partial charge is 0.317 e. The van der Waals surface area contributed by atoms with Gasteiger partial charge in [-0.05, 0) is 49.3 Å². The van der Waals surface area contributed by atoms with E-state index in [2.05, 4.69) is 5.32 Å². The highest BCUT2D eigenvalue weighted by atomic mass is 35.5. The molecule has 7 heteroatoms. The van der Waals surface area contributed by atoms with E-state index in [4.69, 9.17) is 16.8 Å². The number of carbonyl (C=O) groups is 2. The van der Waals surface area contributed by atoms with Gasteiger partial charge in [0.05, 0.1) is 0 Å². The summed E-state index contributed by atoms with van der Waals surface area (Å²) in [6.07, 6.45) is 3.96. The van der Waals surface area contributed by atoms with E-state index in [1.54, 1.807) is 5.48 Å². The van der Waals surface area contributed by atoms with Crippen molar-refractivity contribution >= 4 is 23.5 Å². The number of piperidine rings is 1. The number of halogens is 1. The second-order valence-electron chi connectivity index (χ2n) is 6.15. The van der Waals surface area contributed by atoms with Crippen molar-refractivity contribution in [3.05, 3.63) is 34.9 Å². The number of hydrogen-bond acceptors (Lipinski definition) is 3. The van der Waals surface area contributed by atoms with Gasteiger partial charge >= 0.3 is 6.03 Å². The van der Waals surface area contributed by atoms with Crippen LogP contribution < -0.4 is 10.8 Å². The fourth-order valence-corrected chi connectivity index (χ4v) is 3.18. The van der Waals surface area contributed by atoms with Crippen LogP contribution in [0.4, 0.5) is 4.79 Å². The molecule has 24 heavy (non-hydrogen) atoms. The predicted octanol–water partition coefficient (Wildman–Crippen LogP) is 2.94. The van der Waals surface area contributed by atoms with Gasteiger partial charge in [0.2, 0.25) is 5.91 Å². The maximum atomic E-state index is 12.2. The molecule has 0 radical (unpaired) electrons. The summed E-state index contributed by atoms with van der Waals surface area (Å²) >= 11 is 5.93. The van der Waals surface area contributed by atoms with Crippen LogP contribution in [0.3, 0.4) is 0 Å². The van der Waals surface area contributed by atoms with Gasteiger partial charge in [-0.25, -0.2) is 10.3 Å². The van der Waals surface area contributed by atoms with Gasteiger partial charge in [-0.2, -0.15) is 0 Å². The van der Waals surface area contributed by atoms with Crippen molar-refractivity contribution in [2.24, 2.45) is 5.92 Å². The molecule has 1 aliphatic heterocycles. The van der Waals surface area contributed by atoms with E-state index in [0.717, 1.165) is 44.3 Å². The van der Waals surface area contributed by atoms with Crippen LogP contribution in [0.25, 0.3) is 0 Å². The molecule has 0 saturated carbocycles. The Labute approximate surface area is 147 Å². The van der Waals surface area contributed by atoms with Gasteiger partial charge in [0.15, 0.2) is 0 Å². The van der Waals surface area contributed by atoms with Crippen molar-refractivity contribution in [3.8, 4) is 0 Å². The van der Waals surface area contributed by atoms with Gasteiger partial charge in [-0.1, -0.05) is 23.7 Å². The fourth-order valence-electron chi connectivity index (χ4n) is 2.97. The van der Waals surface area contributed by atoms with Crippen LogP contribution in [0.1, 0.15) is 37.7 Å². The summed E-state index contributed by atoms with van der Waals surface area (Å²) in [5.74, 6) is 0.196. The number of carbonyl (C=O) groups excluding carboxylic acids is 2. The van der Waals surface area contributed by atoms with Gasteiger partial charge in [-0.3, -0.25) is 10.0 Å². The predicted molar refractivity (Wildman–Crippen MR) is 91.8 cm³/mol. The SMILES string of the molecule is O=C(CCCC1CCN(C(=O)NCc2cccc(Cl)c2)CC1)NO. The van der Waals surface area contributed by atoms with Crippen LogP contribution in [0, 0.1) is 5.92 Å². The zero-order valence-electron chi connectivity index (χ0n) is 13.6. The lowest BCUT2D eigenvalue weighted by Gasteiger charge is -2.32. The van der Waals surface area contributed by atoms with Crippen LogP contribution in [0.5, 0.6) is 0 Å². The zero-order valence-corrected chi connectivity index (χ0v) is 14.4. The molecule has 1 saturated heterocycles. The van der Waals surface area contributed by atoms with Crippen LogP contribution in [0.2, 0.25) is 5.02 Å². The van der Waals surface area contributed by atoms with Gasteiger partial charge < -0.3 is 10.2 Å². The molecule has 1 aliphatic rings. The van der Waals surface area contributed by atoms with Crippen molar-refractivity contribution < 1.29 is 14.8 Å². The number of hydrogen-bond donors (Lipinski definition) is 3. The summed E-state index contributed by atoms with van der Waals surface area (Å²) in [5.41, 5.74) is 2.63. The van der Waals surface area contributed by atoms with E-state index in [-0.39, 0.29) is 11.9 Å². The molecule has 0 atom stereocenters. The van der Waals surface area contributed by atoms with Gasteiger partial charge in [0.1, 0.15) is 0 Å². The average Bonchev–Trinajstić information content (AvgIpc) is 2.60. The summed E-state index contributed by atoms with van der Waals surface area (Å²) in [4.78, 5) is 25.0. The molecule has 132 valence electrons. The minimum absolute atomic E-state index is 0.0481. The number of urea groups is 1. The molecule has 6 nitrogen and oxygen atoms in total. The number of rotatable bonds is 6. The van der Waals surface area contributed by atoms with Crippen molar-refractivity contribution in [2.45, 2.75) is 38.6 Å². The lowest BCUT2D eigenvalue weighted by molar-refractivity contribution is -0.129. The molecule has 3 N–H and O–H groups in total. The third-order valence-corrected chi connectivity index (χ3v) is 4.61. The Balaban J connectivity index is 1.66. The summed E-state index contributed by atoms with van der Waals surface area (Å²) in [6, 6.07) is 7.40. The van der Waals surface area contributed by atoms with E-state index >= 15 is 0 Å². The molecule has 0 unspecified atom stereocenters. The standard InChI is InChI=1S/C17H24ClN3O3/c18-15-5-1-4-14(11-15)12-19-17(23)21-9-7-13(8-10-21)3-2-6-16(22)20-24/h1,4-5,11,13,24H,2-3,6-10,12H2,(H,19,23)(H,20,22). The first-order valence-electron chi connectivity index (χ1n) is 8.28. The molecule has 0 aromatic heterocycles. The van der Waals surface area contributed by atoms with Crippen LogP contribution in [-0.2, 0) is 11.3 Å². The Morgan fingerprint density at radius 1 is 1.29 bits per heavy atom. The van der Waals surface area contributed by atoms with E-state index in [0.29, 0.717) is 23.9 Å². The lowest BCUT2D eigenvalue weighted by Crippen LogP contribution is -2.44. The largest absolute Gasteiger partial charge is 0.334 e. The van der Waals surface area contributed by atoms with Gasteiger partial charge in [0, 0.05) is 31.1 Å². The highest BCUT2D eigenvalue weighted by molar-refractivity contribution is 6.30. The summed E-state index contributed by atoms with van der Waals surface area (Å²) in [7, 11) is 0.